The van der Waals surface area contributed by atoms with Crippen LogP contribution in [-0.4, -0.2) is 31.0 Å². The molecule has 0 aliphatic rings. The summed E-state index contributed by atoms with van der Waals surface area (Å²) < 4.78 is 87.0. The zero-order valence-electron chi connectivity index (χ0n) is 21.0. The third kappa shape index (κ3) is 5.65. The highest BCUT2D eigenvalue weighted by atomic mass is 35.5. The summed E-state index contributed by atoms with van der Waals surface area (Å²) in [7, 11) is 0. The Labute approximate surface area is 237 Å². The average Bonchev–Trinajstić information content (AvgIpc) is 3.57. The molecule has 0 fully saturated rings. The predicted molar refractivity (Wildman–Crippen MR) is 137 cm³/mol. The maximum absolute atomic E-state index is 14.0. The van der Waals surface area contributed by atoms with E-state index in [1.165, 1.54) is 0 Å². The molecule has 0 aliphatic carbocycles. The lowest BCUT2D eigenvalue weighted by molar-refractivity contribution is -0.143. The topological polar surface area (TPSA) is 94.0 Å². The van der Waals surface area contributed by atoms with Crippen molar-refractivity contribution in [2.45, 2.75) is 25.5 Å². The van der Waals surface area contributed by atoms with E-state index in [1.54, 1.807) is 54.6 Å². The molecular weight excluding hydrogens is 590 g/mol. The highest BCUT2D eigenvalue weighted by Crippen LogP contribution is 2.38. The van der Waals surface area contributed by atoms with Crippen LogP contribution in [0.4, 0.5) is 26.3 Å². The van der Waals surface area contributed by atoms with E-state index in [0.717, 1.165) is 4.68 Å². The molecule has 3 aromatic carbocycles. The van der Waals surface area contributed by atoms with Gasteiger partial charge in [0, 0.05) is 11.1 Å². The van der Waals surface area contributed by atoms with Gasteiger partial charge in [0.05, 0.1) is 28.3 Å². The van der Waals surface area contributed by atoms with Gasteiger partial charge in [0.1, 0.15) is 18.0 Å². The number of rotatable bonds is 7. The fourth-order valence-electron chi connectivity index (χ4n) is 4.36. The molecule has 7 nitrogen and oxygen atoms in total. The van der Waals surface area contributed by atoms with Crippen molar-refractivity contribution >= 4 is 17.4 Å². The van der Waals surface area contributed by atoms with Gasteiger partial charge >= 0.3 is 12.4 Å². The molecule has 2 aromatic heterocycles. The monoisotopic (exact) mass is 606 g/mol. The van der Waals surface area contributed by atoms with Gasteiger partial charge in [-0.1, -0.05) is 70.5 Å². The molecule has 0 bridgehead atoms. The first kappa shape index (κ1) is 29.0. The van der Waals surface area contributed by atoms with Crippen molar-refractivity contribution in [2.24, 2.45) is 0 Å². The minimum absolute atomic E-state index is 0.00164. The first-order valence-corrected chi connectivity index (χ1v) is 12.4. The van der Waals surface area contributed by atoms with Gasteiger partial charge in [0.2, 0.25) is 5.78 Å². The van der Waals surface area contributed by atoms with Gasteiger partial charge in [-0.25, -0.2) is 4.68 Å². The number of aromatic nitrogens is 4. The quantitative estimate of drug-likeness (QED) is 0.157. The molecule has 42 heavy (non-hydrogen) atoms. The van der Waals surface area contributed by atoms with E-state index in [9.17, 15) is 36.2 Å². The van der Waals surface area contributed by atoms with E-state index in [2.05, 4.69) is 15.5 Å². The minimum atomic E-state index is -5.05. The molecule has 5 rings (SSSR count). The normalized spacial score (nSPS) is 12.1. The Morgan fingerprint density at radius 2 is 1.52 bits per heavy atom. The van der Waals surface area contributed by atoms with Crippen molar-refractivity contribution in [3.63, 3.8) is 0 Å². The van der Waals surface area contributed by atoms with Crippen LogP contribution in [0.5, 0.6) is 0 Å². The second-order valence-electron chi connectivity index (χ2n) is 9.02. The first-order chi connectivity index (χ1) is 19.9. The van der Waals surface area contributed by atoms with Crippen LogP contribution >= 0.6 is 11.6 Å². The van der Waals surface area contributed by atoms with E-state index in [0.29, 0.717) is 23.3 Å². The highest BCUT2D eigenvalue weighted by Gasteiger charge is 2.37. The Morgan fingerprint density at radius 1 is 0.905 bits per heavy atom. The summed E-state index contributed by atoms with van der Waals surface area (Å²) in [4.78, 5) is 14.0. The number of ketones is 1. The number of halogens is 7. The number of aliphatic hydroxyl groups excluding tert-OH is 1. The van der Waals surface area contributed by atoms with Crippen LogP contribution in [0.3, 0.4) is 0 Å². The van der Waals surface area contributed by atoms with Crippen molar-refractivity contribution in [2.75, 3.05) is 0 Å². The van der Waals surface area contributed by atoms with Crippen molar-refractivity contribution < 1.29 is 40.8 Å². The summed E-state index contributed by atoms with van der Waals surface area (Å²) in [6, 6.07) is 15.6. The van der Waals surface area contributed by atoms with E-state index in [-0.39, 0.29) is 45.1 Å². The molecule has 216 valence electrons. The Balaban J connectivity index is 1.66. The molecule has 2 heterocycles. The molecule has 0 spiro atoms. The molecule has 0 amide bonds. The number of hydrogen-bond acceptors (Lipinski definition) is 6. The van der Waals surface area contributed by atoms with Crippen LogP contribution in [0.25, 0.3) is 22.5 Å². The Morgan fingerprint density at radius 3 is 2.12 bits per heavy atom. The number of hydrogen-bond donors (Lipinski definition) is 1. The number of benzene rings is 3. The summed E-state index contributed by atoms with van der Waals surface area (Å²) in [6.45, 7) is -1.32. The maximum atomic E-state index is 14.0. The van der Waals surface area contributed by atoms with Crippen molar-refractivity contribution in [3.05, 3.63) is 112 Å². The van der Waals surface area contributed by atoms with Crippen LogP contribution in [0.2, 0.25) is 5.02 Å². The summed E-state index contributed by atoms with van der Waals surface area (Å²) in [5, 5.41) is 21.9. The maximum Gasteiger partial charge on any atom is 0.416 e. The third-order valence-electron chi connectivity index (χ3n) is 6.24. The predicted octanol–water partition coefficient (Wildman–Crippen LogP) is 7.06. The van der Waals surface area contributed by atoms with Crippen molar-refractivity contribution in [1.29, 1.82) is 0 Å². The SMILES string of the molecule is O=C(c1nnn(Cc2cc(C(F)(F)F)cc(C(F)(F)F)c2)c1-c1ccccc1)c1c(-c2ccccc2Cl)noc1CO. The van der Waals surface area contributed by atoms with Gasteiger partial charge in [-0.2, -0.15) is 26.3 Å². The number of alkyl halides is 6. The van der Waals surface area contributed by atoms with Crippen LogP contribution in [0.15, 0.2) is 77.3 Å². The lowest BCUT2D eigenvalue weighted by Crippen LogP contribution is -2.14. The van der Waals surface area contributed by atoms with Gasteiger partial charge in [0.25, 0.3) is 0 Å². The zero-order valence-corrected chi connectivity index (χ0v) is 21.8. The Bertz CT molecular complexity index is 1730. The first-order valence-electron chi connectivity index (χ1n) is 12.0. The van der Waals surface area contributed by atoms with Gasteiger partial charge in [0.15, 0.2) is 11.5 Å². The highest BCUT2D eigenvalue weighted by molar-refractivity contribution is 6.33. The Hall–Kier alpha value is -4.49. The summed E-state index contributed by atoms with van der Waals surface area (Å²) in [5.74, 6) is -1.03. The van der Waals surface area contributed by atoms with E-state index in [4.69, 9.17) is 16.1 Å². The van der Waals surface area contributed by atoms with Gasteiger partial charge < -0.3 is 9.63 Å². The number of nitrogens with zero attached hydrogens (tertiary/aromatic N) is 4. The van der Waals surface area contributed by atoms with Crippen LogP contribution in [0.1, 0.15) is 38.5 Å². The molecule has 1 N–H and O–H groups in total. The number of carbonyl (C=O) groups is 1. The summed E-state index contributed by atoms with van der Waals surface area (Å²) in [5.41, 5.74) is -3.21. The van der Waals surface area contributed by atoms with Crippen LogP contribution < -0.4 is 0 Å². The van der Waals surface area contributed by atoms with Crippen molar-refractivity contribution in [1.82, 2.24) is 20.2 Å². The average molecular weight is 607 g/mol. The van der Waals surface area contributed by atoms with Gasteiger partial charge in [-0.3, -0.25) is 4.79 Å². The second kappa shape index (κ2) is 11.1. The lowest BCUT2D eigenvalue weighted by atomic mass is 9.98. The Kier molecular flexibility index (Phi) is 7.64. The van der Waals surface area contributed by atoms with E-state index >= 15 is 0 Å². The molecule has 0 atom stereocenters. The molecule has 5 aromatic rings. The minimum Gasteiger partial charge on any atom is -0.388 e. The molecule has 0 unspecified atom stereocenters. The molecule has 0 radical (unpaired) electrons. The van der Waals surface area contributed by atoms with Crippen molar-refractivity contribution in [3.8, 4) is 22.5 Å². The lowest BCUT2D eigenvalue weighted by Gasteiger charge is -2.15. The number of carbonyl (C=O) groups excluding carboxylic acids is 1. The zero-order chi connectivity index (χ0) is 30.2. The molecule has 0 saturated carbocycles. The standard InChI is InChI=1S/C28H17ClF6N4O3/c29-20-9-5-4-8-19(20)23-22(21(14-40)42-37-23)26(41)24-25(16-6-2-1-3-7-16)39(38-36-24)13-15-10-17(27(30,31)32)12-18(11-15)28(33,34)35/h1-12,40H,13-14H2. The third-order valence-corrected chi connectivity index (χ3v) is 6.57. The molecule has 0 saturated heterocycles. The molecule has 0 aliphatic heterocycles. The summed E-state index contributed by atoms with van der Waals surface area (Å²) in [6.07, 6.45) is -10.1. The van der Waals surface area contributed by atoms with Gasteiger partial charge in [-0.15, -0.1) is 5.10 Å². The largest absolute Gasteiger partial charge is 0.416 e. The van der Waals surface area contributed by atoms with Crippen LogP contribution in [0, 0.1) is 0 Å². The van der Waals surface area contributed by atoms with Gasteiger partial charge in [-0.05, 0) is 29.8 Å². The van der Waals surface area contributed by atoms with Crippen LogP contribution in [-0.2, 0) is 25.5 Å². The fourth-order valence-corrected chi connectivity index (χ4v) is 4.59. The van der Waals surface area contributed by atoms with E-state index in [1.807, 2.05) is 0 Å². The number of aliphatic hydroxyl groups is 1. The fraction of sp³-hybridized carbons (Fsp3) is 0.143. The van der Waals surface area contributed by atoms with E-state index < -0.39 is 42.4 Å². The second-order valence-corrected chi connectivity index (χ2v) is 9.43. The smallest absolute Gasteiger partial charge is 0.388 e. The molecular formula is C28H17ClF6N4O3. The summed E-state index contributed by atoms with van der Waals surface area (Å²) >= 11 is 6.30. The molecule has 14 heteroatoms.